The van der Waals surface area contributed by atoms with Gasteiger partial charge in [0, 0.05) is 16.6 Å². The molecule has 1 fully saturated rings. The molecule has 0 radical (unpaired) electrons. The van der Waals surface area contributed by atoms with Gasteiger partial charge in [-0.05, 0) is 30.7 Å². The largest absolute Gasteiger partial charge is 0.488 e. The monoisotopic (exact) mass is 323 g/mol. The minimum absolute atomic E-state index is 0.0164. The van der Waals surface area contributed by atoms with Gasteiger partial charge < -0.3 is 10.1 Å². The number of benzene rings is 1. The van der Waals surface area contributed by atoms with Crippen LogP contribution in [0.5, 0.6) is 5.75 Å². The molecule has 0 aliphatic carbocycles. The van der Waals surface area contributed by atoms with Gasteiger partial charge in [-0.15, -0.1) is 0 Å². The number of carbonyl (C=O) groups excluding carboxylic acids is 1. The minimum atomic E-state index is -0.0909. The highest BCUT2D eigenvalue weighted by atomic mass is 79.9. The normalized spacial score (nSPS) is 21.3. The lowest BCUT2D eigenvalue weighted by molar-refractivity contribution is -0.118. The Morgan fingerprint density at radius 2 is 2.37 bits per heavy atom. The fourth-order valence-corrected chi connectivity index (χ4v) is 2.50. The predicted octanol–water partition coefficient (Wildman–Crippen LogP) is 1.17. The van der Waals surface area contributed by atoms with Crippen LogP contribution in [0.4, 0.5) is 0 Å². The molecule has 5 nitrogen and oxygen atoms in total. The fourth-order valence-electron chi connectivity index (χ4n) is 2.12. The molecule has 19 heavy (non-hydrogen) atoms. The molecule has 1 atom stereocenters. The Hall–Kier alpha value is -1.37. The third-order valence-electron chi connectivity index (χ3n) is 3.12. The molecule has 6 heteroatoms. The van der Waals surface area contributed by atoms with Crippen molar-refractivity contribution in [1.29, 1.82) is 0 Å². The van der Waals surface area contributed by atoms with Crippen molar-refractivity contribution in [2.45, 2.75) is 12.6 Å². The molecule has 1 aromatic carbocycles. The summed E-state index contributed by atoms with van der Waals surface area (Å²) in [6, 6.07) is 5.76. The standard InChI is InChI=1S/C13H14BrN3O2/c14-10-1-2-11-8(6-10)5-9(7-19-11)13(18)16-12-3-4-15-17-12/h1-2,5-6,12,15,17H,3-4,7H2,(H,16,18). The van der Waals surface area contributed by atoms with Gasteiger partial charge in [0.2, 0.25) is 0 Å². The molecule has 1 aromatic rings. The van der Waals surface area contributed by atoms with E-state index in [4.69, 9.17) is 4.74 Å². The van der Waals surface area contributed by atoms with E-state index < -0.39 is 0 Å². The molecule has 1 saturated heterocycles. The molecule has 0 saturated carbocycles. The minimum Gasteiger partial charge on any atom is -0.488 e. The van der Waals surface area contributed by atoms with Crippen LogP contribution in [0.3, 0.4) is 0 Å². The highest BCUT2D eigenvalue weighted by Crippen LogP contribution is 2.29. The molecule has 3 N–H and O–H groups in total. The number of halogens is 1. The summed E-state index contributed by atoms with van der Waals surface area (Å²) in [4.78, 5) is 12.1. The lowest BCUT2D eigenvalue weighted by Crippen LogP contribution is -2.45. The number of nitrogens with one attached hydrogen (secondary N) is 3. The van der Waals surface area contributed by atoms with Crippen molar-refractivity contribution in [3.05, 3.63) is 33.8 Å². The van der Waals surface area contributed by atoms with Crippen molar-refractivity contribution in [3.63, 3.8) is 0 Å². The summed E-state index contributed by atoms with van der Waals surface area (Å²) in [5.41, 5.74) is 7.54. The number of carbonyl (C=O) groups is 1. The van der Waals surface area contributed by atoms with E-state index in [1.807, 2.05) is 24.3 Å². The zero-order valence-corrected chi connectivity index (χ0v) is 11.8. The van der Waals surface area contributed by atoms with Gasteiger partial charge in [0.15, 0.2) is 0 Å². The zero-order chi connectivity index (χ0) is 13.2. The van der Waals surface area contributed by atoms with Crippen molar-refractivity contribution in [1.82, 2.24) is 16.2 Å². The van der Waals surface area contributed by atoms with Crippen molar-refractivity contribution < 1.29 is 9.53 Å². The second kappa shape index (κ2) is 5.32. The van der Waals surface area contributed by atoms with Gasteiger partial charge in [-0.25, -0.2) is 5.43 Å². The zero-order valence-electron chi connectivity index (χ0n) is 10.2. The van der Waals surface area contributed by atoms with Crippen LogP contribution >= 0.6 is 15.9 Å². The molecule has 1 unspecified atom stereocenters. The van der Waals surface area contributed by atoms with E-state index in [9.17, 15) is 4.79 Å². The number of hydrogen-bond acceptors (Lipinski definition) is 4. The predicted molar refractivity (Wildman–Crippen MR) is 75.3 cm³/mol. The van der Waals surface area contributed by atoms with Gasteiger partial charge >= 0.3 is 0 Å². The number of hydrazine groups is 1. The first-order valence-electron chi connectivity index (χ1n) is 6.14. The van der Waals surface area contributed by atoms with E-state index in [0.29, 0.717) is 12.2 Å². The quantitative estimate of drug-likeness (QED) is 0.764. The Morgan fingerprint density at radius 1 is 1.47 bits per heavy atom. The molecule has 0 spiro atoms. The van der Waals surface area contributed by atoms with Crippen LogP contribution in [0.1, 0.15) is 12.0 Å². The Bertz CT molecular complexity index is 539. The Morgan fingerprint density at radius 3 is 3.16 bits per heavy atom. The van der Waals surface area contributed by atoms with Gasteiger partial charge in [0.1, 0.15) is 12.4 Å². The molecule has 2 aliphatic heterocycles. The first-order valence-corrected chi connectivity index (χ1v) is 6.94. The Kier molecular flexibility index (Phi) is 3.54. The topological polar surface area (TPSA) is 62.4 Å². The number of ether oxygens (including phenoxy) is 1. The number of hydrogen-bond donors (Lipinski definition) is 3. The second-order valence-electron chi connectivity index (χ2n) is 4.53. The molecule has 2 aliphatic rings. The summed E-state index contributed by atoms with van der Waals surface area (Å²) in [7, 11) is 0. The van der Waals surface area contributed by atoms with E-state index in [-0.39, 0.29) is 12.1 Å². The second-order valence-corrected chi connectivity index (χ2v) is 5.44. The number of rotatable bonds is 2. The van der Waals surface area contributed by atoms with Crippen LogP contribution in [0.15, 0.2) is 28.2 Å². The lowest BCUT2D eigenvalue weighted by atomic mass is 10.1. The number of fused-ring (bicyclic) bond motifs is 1. The van der Waals surface area contributed by atoms with Crippen molar-refractivity contribution in [3.8, 4) is 5.75 Å². The molecule has 3 rings (SSSR count). The van der Waals surface area contributed by atoms with E-state index in [1.54, 1.807) is 0 Å². The molecule has 0 aromatic heterocycles. The average Bonchev–Trinajstić information content (AvgIpc) is 2.90. The van der Waals surface area contributed by atoms with Crippen LogP contribution in [-0.4, -0.2) is 25.2 Å². The maximum atomic E-state index is 12.1. The first kappa shape index (κ1) is 12.7. The summed E-state index contributed by atoms with van der Waals surface area (Å²) in [6.45, 7) is 1.16. The highest BCUT2D eigenvalue weighted by Gasteiger charge is 2.21. The fraction of sp³-hybridized carbons (Fsp3) is 0.308. The van der Waals surface area contributed by atoms with Crippen molar-refractivity contribution >= 4 is 27.9 Å². The van der Waals surface area contributed by atoms with Gasteiger partial charge in [0.25, 0.3) is 5.91 Å². The van der Waals surface area contributed by atoms with Crippen molar-refractivity contribution in [2.75, 3.05) is 13.2 Å². The smallest absolute Gasteiger partial charge is 0.251 e. The summed E-state index contributed by atoms with van der Waals surface area (Å²) >= 11 is 3.41. The average molecular weight is 324 g/mol. The molecular formula is C13H14BrN3O2. The summed E-state index contributed by atoms with van der Waals surface area (Å²) < 4.78 is 6.56. The van der Waals surface area contributed by atoms with E-state index in [1.165, 1.54) is 0 Å². The highest BCUT2D eigenvalue weighted by molar-refractivity contribution is 9.10. The van der Waals surface area contributed by atoms with E-state index in [2.05, 4.69) is 32.1 Å². The van der Waals surface area contributed by atoms with E-state index >= 15 is 0 Å². The SMILES string of the molecule is O=C(NC1CCNN1)C1=Cc2cc(Br)ccc2OC1. The van der Waals surface area contributed by atoms with Crippen LogP contribution in [0.2, 0.25) is 0 Å². The van der Waals surface area contributed by atoms with Crippen LogP contribution in [-0.2, 0) is 4.79 Å². The van der Waals surface area contributed by atoms with Crippen LogP contribution in [0, 0.1) is 0 Å². The van der Waals surface area contributed by atoms with Gasteiger partial charge in [-0.2, -0.15) is 0 Å². The van der Waals surface area contributed by atoms with Crippen molar-refractivity contribution in [2.24, 2.45) is 0 Å². The maximum absolute atomic E-state index is 12.1. The first-order chi connectivity index (χ1) is 9.22. The third kappa shape index (κ3) is 2.80. The molecule has 100 valence electrons. The Balaban J connectivity index is 1.76. The van der Waals surface area contributed by atoms with E-state index in [0.717, 1.165) is 28.8 Å². The van der Waals surface area contributed by atoms with Gasteiger partial charge in [-0.1, -0.05) is 15.9 Å². The summed E-state index contributed by atoms with van der Waals surface area (Å²) in [5, 5.41) is 2.92. The third-order valence-corrected chi connectivity index (χ3v) is 3.61. The van der Waals surface area contributed by atoms with Crippen LogP contribution < -0.4 is 20.9 Å². The number of amides is 1. The Labute approximate surface area is 119 Å². The molecule has 2 heterocycles. The maximum Gasteiger partial charge on any atom is 0.251 e. The lowest BCUT2D eigenvalue weighted by Gasteiger charge is -2.19. The molecule has 1 amide bonds. The summed E-state index contributed by atoms with van der Waals surface area (Å²) in [6.07, 6.45) is 2.74. The van der Waals surface area contributed by atoms with Gasteiger partial charge in [0.05, 0.1) is 11.7 Å². The molecular weight excluding hydrogens is 310 g/mol. The summed E-state index contributed by atoms with van der Waals surface area (Å²) in [5.74, 6) is 0.715. The molecule has 0 bridgehead atoms. The van der Waals surface area contributed by atoms with Gasteiger partial charge in [-0.3, -0.25) is 10.2 Å². The van der Waals surface area contributed by atoms with Crippen LogP contribution in [0.25, 0.3) is 6.08 Å².